The van der Waals surface area contributed by atoms with Gasteiger partial charge in [-0.15, -0.1) is 0 Å². The lowest BCUT2D eigenvalue weighted by molar-refractivity contribution is -0.431. The average molecular weight is 594 g/mol. The molecule has 11 N–H and O–H groups in total. The van der Waals surface area contributed by atoms with Gasteiger partial charge in [-0.25, -0.2) is 5.43 Å². The van der Waals surface area contributed by atoms with Crippen molar-refractivity contribution in [2.45, 2.75) is 87.3 Å². The van der Waals surface area contributed by atoms with Crippen LogP contribution >= 0.6 is 0 Å². The molecule has 0 bridgehead atoms. The maximum Gasteiger partial charge on any atom is 0.226 e. The van der Waals surface area contributed by atoms with Crippen LogP contribution in [0.15, 0.2) is 12.0 Å². The lowest BCUT2D eigenvalue weighted by Gasteiger charge is -2.47. The quantitative estimate of drug-likeness (QED) is 0.140. The Morgan fingerprint density at radius 3 is 2.81 bits per heavy atom. The van der Waals surface area contributed by atoms with Crippen molar-refractivity contribution < 1.29 is 34.4 Å². The molecule has 0 aromatic heterocycles. The van der Waals surface area contributed by atoms with E-state index in [1.165, 1.54) is 12.8 Å². The highest BCUT2D eigenvalue weighted by Crippen LogP contribution is 2.36. The minimum Gasteiger partial charge on any atom is -0.472 e. The van der Waals surface area contributed by atoms with Crippen LogP contribution in [-0.2, 0) is 28.6 Å². The maximum atomic E-state index is 12.9. The second-order valence-corrected chi connectivity index (χ2v) is 12.4. The molecule has 0 aromatic rings. The van der Waals surface area contributed by atoms with Gasteiger partial charge in [0, 0.05) is 44.0 Å². The summed E-state index contributed by atoms with van der Waals surface area (Å²) in [6.07, 6.45) is 4.25. The number of morpholine rings is 1. The van der Waals surface area contributed by atoms with E-state index < -0.39 is 36.4 Å². The summed E-state index contributed by atoms with van der Waals surface area (Å²) in [5, 5.41) is 16.2. The first-order valence-electron chi connectivity index (χ1n) is 15.4. The van der Waals surface area contributed by atoms with E-state index in [-0.39, 0.29) is 36.2 Å². The molecule has 7 aliphatic rings. The highest BCUT2D eigenvalue weighted by molar-refractivity contribution is 5.95. The molecule has 11 atom stereocenters. The molecule has 1 saturated carbocycles. The Labute approximate surface area is 244 Å². The van der Waals surface area contributed by atoms with Gasteiger partial charge in [-0.05, 0) is 12.8 Å². The molecule has 0 radical (unpaired) electrons. The molecule has 6 heterocycles. The molecular formula is C26H45N10O6+. The van der Waals surface area contributed by atoms with Crippen LogP contribution in [0.1, 0.15) is 32.1 Å². The Balaban J connectivity index is 1.01. The molecule has 1 amide bonds. The van der Waals surface area contributed by atoms with Gasteiger partial charge in [0.2, 0.25) is 5.91 Å². The van der Waals surface area contributed by atoms with E-state index in [4.69, 9.17) is 24.8 Å². The molecule has 6 fully saturated rings. The summed E-state index contributed by atoms with van der Waals surface area (Å²) in [5.74, 6) is -0.547. The molecule has 0 spiro atoms. The van der Waals surface area contributed by atoms with E-state index in [2.05, 4.69) is 42.8 Å². The number of primary amides is 1. The minimum atomic E-state index is -0.622. The number of rotatable bonds is 7. The average Bonchev–Trinajstić information content (AvgIpc) is 3.75. The number of carbonyl (C=O) groups is 2. The Morgan fingerprint density at radius 2 is 2.00 bits per heavy atom. The summed E-state index contributed by atoms with van der Waals surface area (Å²) in [7, 11) is 0. The van der Waals surface area contributed by atoms with Crippen molar-refractivity contribution in [1.82, 2.24) is 42.1 Å². The van der Waals surface area contributed by atoms with E-state index in [0.29, 0.717) is 57.9 Å². The van der Waals surface area contributed by atoms with Crippen molar-refractivity contribution in [3.8, 4) is 0 Å². The number of carbonyl (C=O) groups excluding carboxylic acids is 2. The third-order valence-electron chi connectivity index (χ3n) is 9.82. The minimum absolute atomic E-state index is 0.0669. The summed E-state index contributed by atoms with van der Waals surface area (Å²) in [6.45, 7) is 3.50. The van der Waals surface area contributed by atoms with Crippen molar-refractivity contribution >= 4 is 11.7 Å². The number of hydrazine groups is 1. The smallest absolute Gasteiger partial charge is 0.226 e. The Kier molecular flexibility index (Phi) is 8.36. The van der Waals surface area contributed by atoms with Gasteiger partial charge >= 0.3 is 0 Å². The van der Waals surface area contributed by atoms with Crippen LogP contribution in [0.25, 0.3) is 0 Å². The van der Waals surface area contributed by atoms with Gasteiger partial charge < -0.3 is 30.6 Å². The van der Waals surface area contributed by atoms with Crippen molar-refractivity contribution in [3.63, 3.8) is 0 Å². The first-order valence-corrected chi connectivity index (χ1v) is 15.4. The standard InChI is InChI=1S/C26H44N10O6/c27-14-3-1-2-4-15(14)31-26-33-24(20(23(28)38)25-29-12-30-36(25)26)32-18-9-16(34-42-18)13-11-40-22-17(37)10-19(41-21(13)22)35-5-7-39-8-6-35/h10,13-16,18,20-22,24-26,29-34H,1-9,11-12,27H2,(H2,28,38)/p+1/t13?,14-,15+,16?,18?,20?,21?,22?,24?,25?,26?/m1/s1. The summed E-state index contributed by atoms with van der Waals surface area (Å²) in [5.41, 5.74) is 16.8. The molecule has 234 valence electrons. The van der Waals surface area contributed by atoms with Crippen LogP contribution in [0.4, 0.5) is 0 Å². The van der Waals surface area contributed by atoms with Crippen molar-refractivity contribution in [3.05, 3.63) is 12.0 Å². The number of nitrogens with zero attached hydrogens (tertiary/aromatic N) is 2. The number of amides is 1. The lowest BCUT2D eigenvalue weighted by Crippen LogP contribution is -2.79. The normalized spacial score (nSPS) is 44.4. The van der Waals surface area contributed by atoms with E-state index in [0.717, 1.165) is 12.8 Å². The number of ether oxygens (including phenoxy) is 3. The Hall–Kier alpha value is -1.96. The highest BCUT2D eigenvalue weighted by atomic mass is 16.7. The summed E-state index contributed by atoms with van der Waals surface area (Å²) >= 11 is 0. The van der Waals surface area contributed by atoms with Crippen LogP contribution in [-0.4, -0.2) is 116 Å². The van der Waals surface area contributed by atoms with E-state index in [9.17, 15) is 9.59 Å². The Morgan fingerprint density at radius 1 is 1.17 bits per heavy atom. The van der Waals surface area contributed by atoms with E-state index in [1.54, 1.807) is 6.08 Å². The molecule has 1 aliphatic carbocycles. The van der Waals surface area contributed by atoms with Crippen molar-refractivity contribution in [2.24, 2.45) is 17.6 Å². The van der Waals surface area contributed by atoms with Crippen LogP contribution in [0.3, 0.4) is 0 Å². The first kappa shape index (κ1) is 28.8. The third-order valence-corrected chi connectivity index (χ3v) is 9.82. The molecular weight excluding hydrogens is 548 g/mol. The van der Waals surface area contributed by atoms with Gasteiger partial charge in [-0.3, -0.25) is 35.7 Å². The highest BCUT2D eigenvalue weighted by Gasteiger charge is 2.53. The zero-order valence-electron chi connectivity index (χ0n) is 23.8. The monoisotopic (exact) mass is 593 g/mol. The van der Waals surface area contributed by atoms with Gasteiger partial charge in [-0.1, -0.05) is 6.42 Å². The van der Waals surface area contributed by atoms with Crippen molar-refractivity contribution in [1.29, 1.82) is 0 Å². The van der Waals surface area contributed by atoms with Crippen LogP contribution in [0, 0.1) is 11.8 Å². The summed E-state index contributed by atoms with van der Waals surface area (Å²) in [4.78, 5) is 33.7. The first-order chi connectivity index (χ1) is 20.5. The fraction of sp³-hybridized carbons (Fsp3) is 0.846. The second-order valence-electron chi connectivity index (χ2n) is 12.4. The van der Waals surface area contributed by atoms with Gasteiger partial charge in [0.1, 0.15) is 18.6 Å². The number of hydrogen-bond donors (Lipinski definition) is 8. The number of nitrogens with two attached hydrogens (primary N) is 1. The third kappa shape index (κ3) is 5.54. The number of hydroxylamine groups is 1. The zero-order chi connectivity index (χ0) is 28.8. The van der Waals surface area contributed by atoms with Gasteiger partial charge in [0.25, 0.3) is 0 Å². The van der Waals surface area contributed by atoms with Crippen LogP contribution < -0.4 is 43.6 Å². The maximum absolute atomic E-state index is 12.9. The molecule has 7 rings (SSSR count). The number of quaternary nitrogens is 1. The van der Waals surface area contributed by atoms with Gasteiger partial charge in [0.15, 0.2) is 17.8 Å². The van der Waals surface area contributed by atoms with Gasteiger partial charge in [-0.2, -0.15) is 10.5 Å². The fourth-order valence-corrected chi connectivity index (χ4v) is 7.51. The molecule has 16 nitrogen and oxygen atoms in total. The number of ketones is 1. The van der Waals surface area contributed by atoms with Gasteiger partial charge in [0.05, 0.1) is 56.8 Å². The largest absolute Gasteiger partial charge is 0.472 e. The predicted octanol–water partition coefficient (Wildman–Crippen LogP) is -4.50. The lowest BCUT2D eigenvalue weighted by atomic mass is 9.89. The molecule has 16 heteroatoms. The topological polar surface area (TPSA) is 203 Å². The summed E-state index contributed by atoms with van der Waals surface area (Å²) < 4.78 is 17.8. The Bertz CT molecular complexity index is 1050. The number of fused-ring (bicyclic) bond motifs is 2. The van der Waals surface area contributed by atoms with Crippen LogP contribution in [0.2, 0.25) is 0 Å². The molecule has 0 aromatic carbocycles. The molecule has 9 unspecified atom stereocenters. The number of nitrogens with one attached hydrogen (secondary N) is 6. The zero-order valence-corrected chi connectivity index (χ0v) is 23.8. The fourth-order valence-electron chi connectivity index (χ4n) is 7.51. The number of hydrogen-bond acceptors (Lipinski definition) is 14. The second kappa shape index (κ2) is 12.2. The molecule has 6 aliphatic heterocycles. The summed E-state index contributed by atoms with van der Waals surface area (Å²) in [6, 6.07) is 0.475. The predicted molar refractivity (Wildman–Crippen MR) is 145 cm³/mol. The van der Waals surface area contributed by atoms with Crippen molar-refractivity contribution in [2.75, 3.05) is 39.6 Å². The van der Waals surface area contributed by atoms with E-state index >= 15 is 0 Å². The molecule has 42 heavy (non-hydrogen) atoms. The van der Waals surface area contributed by atoms with E-state index in [1.807, 2.05) is 5.01 Å². The van der Waals surface area contributed by atoms with Crippen LogP contribution in [0.5, 0.6) is 0 Å². The molecule has 5 saturated heterocycles. The SMILES string of the molecule is NC(=O)C1C(NC2CC(C3COC4C(=O)C=C(N5CCOCC5)OC43)NO2)NC(N[C@H]2CCCC[C@H]2[NH3+])N2NCNC12.